The fourth-order valence-electron chi connectivity index (χ4n) is 4.12. The number of esters is 1. The van der Waals surface area contributed by atoms with Crippen LogP contribution >= 0.6 is 22.6 Å². The van der Waals surface area contributed by atoms with E-state index in [2.05, 4.69) is 89.3 Å². The predicted molar refractivity (Wildman–Crippen MR) is 122 cm³/mol. The first-order valence-electron chi connectivity index (χ1n) is 10.4. The van der Waals surface area contributed by atoms with Gasteiger partial charge in [-0.25, -0.2) is 4.79 Å². The molecular formula is C24H37IO2. The highest BCUT2D eigenvalue weighted by molar-refractivity contribution is 14.1. The normalized spacial score (nSPS) is 18.4. The molecule has 0 saturated heterocycles. The number of benzene rings is 1. The summed E-state index contributed by atoms with van der Waals surface area (Å²) in [6.45, 7) is 15.9. The van der Waals surface area contributed by atoms with E-state index in [4.69, 9.17) is 4.74 Å². The van der Waals surface area contributed by atoms with Crippen LogP contribution in [-0.2, 0) is 4.74 Å². The van der Waals surface area contributed by atoms with Crippen molar-refractivity contribution in [2.75, 3.05) is 0 Å². The number of ether oxygens (including phenoxy) is 1. The van der Waals surface area contributed by atoms with Gasteiger partial charge in [-0.05, 0) is 96.1 Å². The van der Waals surface area contributed by atoms with Crippen LogP contribution in [-0.4, -0.2) is 11.6 Å². The lowest BCUT2D eigenvalue weighted by Crippen LogP contribution is -2.29. The number of halogens is 1. The smallest absolute Gasteiger partial charge is 0.339 e. The third-order valence-electron chi connectivity index (χ3n) is 6.28. The van der Waals surface area contributed by atoms with Gasteiger partial charge in [-0.1, -0.05) is 54.0 Å². The predicted octanol–water partition coefficient (Wildman–Crippen LogP) is 7.74. The van der Waals surface area contributed by atoms with Crippen LogP contribution in [0.25, 0.3) is 0 Å². The van der Waals surface area contributed by atoms with E-state index >= 15 is 0 Å². The van der Waals surface area contributed by atoms with Gasteiger partial charge in [0.15, 0.2) is 0 Å². The summed E-state index contributed by atoms with van der Waals surface area (Å²) in [6, 6.07) is 6.41. The Morgan fingerprint density at radius 2 is 1.78 bits per heavy atom. The van der Waals surface area contributed by atoms with Crippen LogP contribution in [0.1, 0.15) is 109 Å². The van der Waals surface area contributed by atoms with E-state index < -0.39 is 0 Å². The summed E-state index contributed by atoms with van der Waals surface area (Å²) in [5.74, 6) is 0.252. The van der Waals surface area contributed by atoms with Gasteiger partial charge in [0.25, 0.3) is 0 Å². The topological polar surface area (TPSA) is 26.3 Å². The van der Waals surface area contributed by atoms with Gasteiger partial charge in [-0.15, -0.1) is 0 Å². The van der Waals surface area contributed by atoms with Crippen LogP contribution < -0.4 is 0 Å². The molecule has 0 N–H and O–H groups in total. The number of hydrogen-bond acceptors (Lipinski definition) is 2. The van der Waals surface area contributed by atoms with Gasteiger partial charge in [-0.2, -0.15) is 0 Å². The molecule has 0 aliphatic heterocycles. The van der Waals surface area contributed by atoms with Crippen molar-refractivity contribution in [2.24, 2.45) is 10.8 Å². The van der Waals surface area contributed by atoms with Crippen LogP contribution in [0.3, 0.4) is 0 Å². The lowest BCUT2D eigenvalue weighted by Gasteiger charge is -2.38. The van der Waals surface area contributed by atoms with Gasteiger partial charge >= 0.3 is 5.97 Å². The van der Waals surface area contributed by atoms with Gasteiger partial charge in [0, 0.05) is 3.57 Å². The first-order chi connectivity index (χ1) is 12.4. The Balaban J connectivity index is 2.36. The zero-order valence-electron chi connectivity index (χ0n) is 18.2. The standard InChI is InChI=1S/C24H37IO2/c1-8-23(5,6)19(16-22(2,3)4)17-11-12-20(25)18(15-17)21(26)27-24(7)13-9-10-14-24/h11-12,15,19H,8-10,13-14,16H2,1-7H3. The molecule has 0 bridgehead atoms. The third-order valence-corrected chi connectivity index (χ3v) is 7.22. The third kappa shape index (κ3) is 5.95. The molecule has 0 aromatic heterocycles. The van der Waals surface area contributed by atoms with E-state index in [1.165, 1.54) is 5.56 Å². The van der Waals surface area contributed by atoms with Crippen LogP contribution in [0.2, 0.25) is 0 Å². The molecule has 1 aliphatic rings. The lowest BCUT2D eigenvalue weighted by atomic mass is 9.67. The molecule has 3 heteroatoms. The average Bonchev–Trinajstić information content (AvgIpc) is 2.98. The molecule has 0 heterocycles. The Labute approximate surface area is 180 Å². The molecule has 2 nitrogen and oxygen atoms in total. The molecule has 0 radical (unpaired) electrons. The Morgan fingerprint density at radius 1 is 1.19 bits per heavy atom. The highest BCUT2D eigenvalue weighted by Gasteiger charge is 2.35. The van der Waals surface area contributed by atoms with Crippen molar-refractivity contribution in [2.45, 2.75) is 98.5 Å². The summed E-state index contributed by atoms with van der Waals surface area (Å²) in [6.07, 6.45) is 6.46. The zero-order chi connectivity index (χ0) is 20.5. The quantitative estimate of drug-likeness (QED) is 0.305. The second-order valence-electron chi connectivity index (χ2n) is 10.4. The maximum atomic E-state index is 13.0. The minimum absolute atomic E-state index is 0.158. The van der Waals surface area contributed by atoms with Crippen LogP contribution in [0, 0.1) is 14.4 Å². The number of carbonyl (C=O) groups is 1. The molecule has 2 rings (SSSR count). The van der Waals surface area contributed by atoms with E-state index in [1.54, 1.807) is 0 Å². The molecule has 1 atom stereocenters. The van der Waals surface area contributed by atoms with Crippen molar-refractivity contribution >= 4 is 28.6 Å². The summed E-state index contributed by atoms with van der Waals surface area (Å²) < 4.78 is 6.95. The van der Waals surface area contributed by atoms with Crippen LogP contribution in [0.15, 0.2) is 18.2 Å². The van der Waals surface area contributed by atoms with E-state index in [0.717, 1.165) is 47.7 Å². The van der Waals surface area contributed by atoms with Crippen molar-refractivity contribution in [3.63, 3.8) is 0 Å². The number of carbonyl (C=O) groups excluding carboxylic acids is 1. The minimum atomic E-state index is -0.288. The molecule has 1 aromatic carbocycles. The van der Waals surface area contributed by atoms with Crippen molar-refractivity contribution in [1.29, 1.82) is 0 Å². The van der Waals surface area contributed by atoms with E-state index in [1.807, 2.05) is 0 Å². The second-order valence-corrected chi connectivity index (χ2v) is 11.6. The summed E-state index contributed by atoms with van der Waals surface area (Å²) >= 11 is 2.26. The summed E-state index contributed by atoms with van der Waals surface area (Å²) in [4.78, 5) is 13.0. The molecule has 0 spiro atoms. The van der Waals surface area contributed by atoms with Gasteiger partial charge in [0.1, 0.15) is 5.60 Å². The van der Waals surface area contributed by atoms with Crippen LogP contribution in [0.4, 0.5) is 0 Å². The van der Waals surface area contributed by atoms with Gasteiger partial charge in [0.05, 0.1) is 5.56 Å². The fraction of sp³-hybridized carbons (Fsp3) is 0.708. The molecule has 152 valence electrons. The Kier molecular flexibility index (Phi) is 7.08. The average molecular weight is 484 g/mol. The largest absolute Gasteiger partial charge is 0.456 e. The van der Waals surface area contributed by atoms with E-state index in [-0.39, 0.29) is 22.4 Å². The van der Waals surface area contributed by atoms with Crippen LogP contribution in [0.5, 0.6) is 0 Å². The monoisotopic (exact) mass is 484 g/mol. The molecule has 1 fully saturated rings. The Hall–Kier alpha value is -0.580. The van der Waals surface area contributed by atoms with Crippen molar-refractivity contribution < 1.29 is 9.53 Å². The highest BCUT2D eigenvalue weighted by Crippen LogP contribution is 2.45. The molecule has 1 saturated carbocycles. The van der Waals surface area contributed by atoms with Crippen molar-refractivity contribution in [3.05, 3.63) is 32.9 Å². The molecule has 0 amide bonds. The van der Waals surface area contributed by atoms with E-state index in [0.29, 0.717) is 5.92 Å². The van der Waals surface area contributed by atoms with E-state index in [9.17, 15) is 4.79 Å². The zero-order valence-corrected chi connectivity index (χ0v) is 20.4. The van der Waals surface area contributed by atoms with Gasteiger partial charge < -0.3 is 4.74 Å². The van der Waals surface area contributed by atoms with Crippen molar-refractivity contribution in [1.82, 2.24) is 0 Å². The summed E-state index contributed by atoms with van der Waals surface area (Å²) in [7, 11) is 0. The highest BCUT2D eigenvalue weighted by atomic mass is 127. The first-order valence-corrected chi connectivity index (χ1v) is 11.5. The maximum absolute atomic E-state index is 13.0. The molecule has 27 heavy (non-hydrogen) atoms. The lowest BCUT2D eigenvalue weighted by molar-refractivity contribution is -0.00623. The van der Waals surface area contributed by atoms with Crippen molar-refractivity contribution in [3.8, 4) is 0 Å². The number of rotatable bonds is 6. The molecule has 1 aromatic rings. The Bertz CT molecular complexity index is 663. The van der Waals surface area contributed by atoms with Gasteiger partial charge in [0.2, 0.25) is 0 Å². The Morgan fingerprint density at radius 3 is 2.30 bits per heavy atom. The summed E-state index contributed by atoms with van der Waals surface area (Å²) in [5, 5.41) is 0. The molecule has 1 unspecified atom stereocenters. The SMILES string of the molecule is CCC(C)(C)C(CC(C)(C)C)c1ccc(I)c(C(=O)OC2(C)CCCC2)c1. The minimum Gasteiger partial charge on any atom is -0.456 e. The first kappa shape index (κ1) is 22.7. The maximum Gasteiger partial charge on any atom is 0.339 e. The molecule has 1 aliphatic carbocycles. The number of hydrogen-bond donors (Lipinski definition) is 0. The summed E-state index contributed by atoms with van der Waals surface area (Å²) in [5.41, 5.74) is 2.12. The second kappa shape index (κ2) is 8.42. The molecular weight excluding hydrogens is 447 g/mol. The van der Waals surface area contributed by atoms with Gasteiger partial charge in [-0.3, -0.25) is 0 Å². The fourth-order valence-corrected chi connectivity index (χ4v) is 4.68.